The Hall–Kier alpha value is -4.86. The van der Waals surface area contributed by atoms with Crippen LogP contribution in [0.15, 0.2) is 115 Å². The summed E-state index contributed by atoms with van der Waals surface area (Å²) in [6.45, 7) is 3.29. The van der Waals surface area contributed by atoms with Gasteiger partial charge in [-0.2, -0.15) is 0 Å². The third-order valence-corrected chi connectivity index (χ3v) is 9.73. The van der Waals surface area contributed by atoms with Crippen molar-refractivity contribution in [2.75, 3.05) is 13.6 Å². The number of carboxylic acid groups (broad SMARTS) is 1. The van der Waals surface area contributed by atoms with Gasteiger partial charge in [0.05, 0.1) is 18.8 Å². The lowest BCUT2D eigenvalue weighted by atomic mass is 9.97. The van der Waals surface area contributed by atoms with E-state index in [0.29, 0.717) is 25.9 Å². The predicted molar refractivity (Wildman–Crippen MR) is 199 cm³/mol. The second-order valence-electron chi connectivity index (χ2n) is 13.4. The average molecular weight is 687 g/mol. The molecule has 51 heavy (non-hydrogen) atoms. The lowest BCUT2D eigenvalue weighted by Crippen LogP contribution is -2.38. The molecule has 1 aliphatic heterocycles. The molecule has 1 fully saturated rings. The van der Waals surface area contributed by atoms with Gasteiger partial charge in [-0.3, -0.25) is 14.5 Å². The van der Waals surface area contributed by atoms with Crippen LogP contribution in [0.4, 0.5) is 0 Å². The van der Waals surface area contributed by atoms with E-state index in [0.717, 1.165) is 33.4 Å². The van der Waals surface area contributed by atoms with Crippen molar-refractivity contribution in [2.24, 2.45) is 0 Å². The van der Waals surface area contributed by atoms with E-state index in [4.69, 9.17) is 14.6 Å². The van der Waals surface area contributed by atoms with Gasteiger partial charge in [0.1, 0.15) is 0 Å². The lowest BCUT2D eigenvalue weighted by molar-refractivity contribution is -0.253. The SMILES string of the molecule is CC(c1ccc2ccccc2c1)N(C)CC1CC(c2ccc(CO)cc2)OC(c2cccc(-c3cccc(CNC(=O)CCCC(=O)O)c3)c2)O1. The number of hydrogen-bond donors (Lipinski definition) is 3. The van der Waals surface area contributed by atoms with Gasteiger partial charge >= 0.3 is 5.97 Å². The number of rotatable bonds is 14. The monoisotopic (exact) mass is 686 g/mol. The smallest absolute Gasteiger partial charge is 0.303 e. The predicted octanol–water partition coefficient (Wildman–Crippen LogP) is 8.11. The topological polar surface area (TPSA) is 108 Å². The van der Waals surface area contributed by atoms with Crippen molar-refractivity contribution in [1.29, 1.82) is 0 Å². The van der Waals surface area contributed by atoms with Crippen LogP contribution in [0.1, 0.15) is 78.9 Å². The second-order valence-corrected chi connectivity index (χ2v) is 13.4. The van der Waals surface area contributed by atoms with E-state index < -0.39 is 12.3 Å². The minimum atomic E-state index is -0.900. The second kappa shape index (κ2) is 16.9. The Morgan fingerprint density at radius 2 is 1.55 bits per heavy atom. The Morgan fingerprint density at radius 3 is 2.31 bits per heavy atom. The Kier molecular flexibility index (Phi) is 11.9. The maximum atomic E-state index is 12.2. The maximum Gasteiger partial charge on any atom is 0.303 e. The number of fused-ring (bicyclic) bond motifs is 1. The molecule has 0 bridgehead atoms. The lowest BCUT2D eigenvalue weighted by Gasteiger charge is -2.39. The van der Waals surface area contributed by atoms with E-state index in [-0.39, 0.29) is 43.6 Å². The molecule has 0 aromatic heterocycles. The van der Waals surface area contributed by atoms with Gasteiger partial charge in [-0.05, 0) is 82.7 Å². The molecule has 1 saturated heterocycles. The normalized spacial score (nSPS) is 18.1. The molecule has 1 heterocycles. The van der Waals surface area contributed by atoms with Crippen LogP contribution in [0.25, 0.3) is 21.9 Å². The molecule has 4 unspecified atom stereocenters. The third-order valence-electron chi connectivity index (χ3n) is 9.73. The van der Waals surface area contributed by atoms with E-state index in [1.807, 2.05) is 54.6 Å². The number of benzene rings is 5. The molecule has 0 spiro atoms. The molecule has 5 aromatic rings. The molecular weight excluding hydrogens is 640 g/mol. The quantitative estimate of drug-likeness (QED) is 0.108. The summed E-state index contributed by atoms with van der Waals surface area (Å²) in [6, 6.07) is 39.4. The van der Waals surface area contributed by atoms with Crippen molar-refractivity contribution in [2.45, 2.75) is 70.3 Å². The Bertz CT molecular complexity index is 1940. The van der Waals surface area contributed by atoms with Gasteiger partial charge in [-0.25, -0.2) is 0 Å². The molecule has 1 amide bonds. The van der Waals surface area contributed by atoms with Gasteiger partial charge in [-0.15, -0.1) is 0 Å². The van der Waals surface area contributed by atoms with Crippen molar-refractivity contribution in [1.82, 2.24) is 10.2 Å². The molecule has 6 rings (SSSR count). The molecule has 4 atom stereocenters. The minimum Gasteiger partial charge on any atom is -0.481 e. The number of amides is 1. The number of likely N-dealkylation sites (N-methyl/N-ethyl adjacent to an activating group) is 1. The van der Waals surface area contributed by atoms with Crippen molar-refractivity contribution < 1.29 is 29.3 Å². The van der Waals surface area contributed by atoms with E-state index in [2.05, 4.69) is 84.9 Å². The van der Waals surface area contributed by atoms with Crippen LogP contribution in [0.5, 0.6) is 0 Å². The van der Waals surface area contributed by atoms with E-state index >= 15 is 0 Å². The summed E-state index contributed by atoms with van der Waals surface area (Å²) in [5.41, 5.74) is 7.02. The summed E-state index contributed by atoms with van der Waals surface area (Å²) in [7, 11) is 2.14. The summed E-state index contributed by atoms with van der Waals surface area (Å²) in [5.74, 6) is -1.06. The molecule has 8 heteroatoms. The highest BCUT2D eigenvalue weighted by Crippen LogP contribution is 2.39. The Labute approximate surface area is 299 Å². The van der Waals surface area contributed by atoms with Crippen molar-refractivity contribution in [3.8, 4) is 11.1 Å². The number of nitrogens with one attached hydrogen (secondary N) is 1. The molecule has 0 saturated carbocycles. The number of aliphatic hydroxyl groups excluding tert-OH is 1. The number of carbonyl (C=O) groups excluding carboxylic acids is 1. The van der Waals surface area contributed by atoms with Gasteiger partial charge in [0.15, 0.2) is 6.29 Å². The first-order valence-electron chi connectivity index (χ1n) is 17.6. The van der Waals surface area contributed by atoms with Gasteiger partial charge in [-0.1, -0.05) is 97.1 Å². The first kappa shape index (κ1) is 35.9. The highest BCUT2D eigenvalue weighted by atomic mass is 16.7. The molecule has 8 nitrogen and oxygen atoms in total. The zero-order valence-electron chi connectivity index (χ0n) is 29.2. The molecule has 0 aliphatic carbocycles. The van der Waals surface area contributed by atoms with Crippen LogP contribution in [0, 0.1) is 0 Å². The van der Waals surface area contributed by atoms with E-state index in [1.165, 1.54) is 16.3 Å². The number of carbonyl (C=O) groups is 2. The summed E-state index contributed by atoms with van der Waals surface area (Å²) in [5, 5.41) is 23.8. The number of nitrogens with zero attached hydrogens (tertiary/aromatic N) is 1. The zero-order chi connectivity index (χ0) is 35.7. The van der Waals surface area contributed by atoms with Gasteiger partial charge < -0.3 is 25.0 Å². The largest absolute Gasteiger partial charge is 0.481 e. The van der Waals surface area contributed by atoms with Gasteiger partial charge in [0, 0.05) is 44.0 Å². The van der Waals surface area contributed by atoms with E-state index in [1.54, 1.807) is 0 Å². The molecule has 0 radical (unpaired) electrons. The summed E-state index contributed by atoms with van der Waals surface area (Å²) >= 11 is 0. The molecule has 264 valence electrons. The van der Waals surface area contributed by atoms with Crippen LogP contribution < -0.4 is 5.32 Å². The summed E-state index contributed by atoms with van der Waals surface area (Å²) in [4.78, 5) is 25.3. The van der Waals surface area contributed by atoms with Gasteiger partial charge in [0.25, 0.3) is 0 Å². The maximum absolute atomic E-state index is 12.2. The number of carboxylic acids is 1. The standard InChI is InChI=1S/C43H46N2O6/c1-29(34-21-20-32-9-3-4-10-36(32)23-34)45(2)27-39-25-40(33-18-16-30(28-46)17-19-33)51-43(50-39)38-13-6-12-37(24-38)35-11-5-8-31(22-35)26-44-41(47)14-7-15-42(48)49/h3-6,8-13,16-24,29,39-40,43,46H,7,14-15,25-28H2,1-2H3,(H,44,47)(H,48,49). The Balaban J connectivity index is 1.19. The van der Waals surface area contributed by atoms with Crippen LogP contribution in [-0.2, 0) is 32.2 Å². The minimum absolute atomic E-state index is 0.00915. The summed E-state index contributed by atoms with van der Waals surface area (Å²) < 4.78 is 13.4. The van der Waals surface area contributed by atoms with E-state index in [9.17, 15) is 14.7 Å². The van der Waals surface area contributed by atoms with Crippen LogP contribution >= 0.6 is 0 Å². The Morgan fingerprint density at radius 1 is 0.804 bits per heavy atom. The van der Waals surface area contributed by atoms with Crippen LogP contribution in [0.3, 0.4) is 0 Å². The van der Waals surface area contributed by atoms with Crippen LogP contribution in [0.2, 0.25) is 0 Å². The molecule has 3 N–H and O–H groups in total. The number of hydrogen-bond acceptors (Lipinski definition) is 6. The highest BCUT2D eigenvalue weighted by Gasteiger charge is 2.33. The van der Waals surface area contributed by atoms with Gasteiger partial charge in [0.2, 0.25) is 5.91 Å². The molecule has 1 aliphatic rings. The molecule has 5 aromatic carbocycles. The fourth-order valence-electron chi connectivity index (χ4n) is 6.65. The fraction of sp³-hybridized carbons (Fsp3) is 0.302. The zero-order valence-corrected chi connectivity index (χ0v) is 29.2. The first-order valence-corrected chi connectivity index (χ1v) is 17.6. The van der Waals surface area contributed by atoms with Crippen LogP contribution in [-0.4, -0.2) is 46.7 Å². The number of ether oxygens (including phenoxy) is 2. The third kappa shape index (κ3) is 9.48. The van der Waals surface area contributed by atoms with Crippen molar-refractivity contribution >= 4 is 22.6 Å². The molecular formula is C43H46N2O6. The number of aliphatic carboxylic acids is 1. The first-order chi connectivity index (χ1) is 24.7. The fourth-order valence-corrected chi connectivity index (χ4v) is 6.65. The van der Waals surface area contributed by atoms with Crippen molar-refractivity contribution in [3.63, 3.8) is 0 Å². The average Bonchev–Trinajstić information content (AvgIpc) is 3.16. The van der Waals surface area contributed by atoms with Crippen molar-refractivity contribution in [3.05, 3.63) is 143 Å². The highest BCUT2D eigenvalue weighted by molar-refractivity contribution is 5.83. The summed E-state index contributed by atoms with van der Waals surface area (Å²) in [6.07, 6.45) is 0.265. The number of aliphatic hydroxyl groups is 1.